The fourth-order valence-electron chi connectivity index (χ4n) is 1.41. The van der Waals surface area contributed by atoms with Crippen molar-refractivity contribution in [3.63, 3.8) is 0 Å². The van der Waals surface area contributed by atoms with Gasteiger partial charge in [0.1, 0.15) is 6.33 Å². The van der Waals surface area contributed by atoms with Gasteiger partial charge in [-0.1, -0.05) is 23.9 Å². The van der Waals surface area contributed by atoms with E-state index in [9.17, 15) is 0 Å². The van der Waals surface area contributed by atoms with E-state index in [-0.39, 0.29) is 0 Å². The van der Waals surface area contributed by atoms with Crippen molar-refractivity contribution < 1.29 is 0 Å². The molecule has 1 aromatic carbocycles. The molecule has 3 nitrogen and oxygen atoms in total. The summed E-state index contributed by atoms with van der Waals surface area (Å²) in [6.07, 6.45) is 3.80. The Bertz CT molecular complexity index is 429. The Morgan fingerprint density at radius 1 is 1.38 bits per heavy atom. The maximum absolute atomic E-state index is 5.72. The maximum Gasteiger partial charge on any atom is 0.169 e. The van der Waals surface area contributed by atoms with E-state index in [1.807, 2.05) is 18.2 Å². The number of rotatable bonds is 5. The molecule has 0 amide bonds. The van der Waals surface area contributed by atoms with Crippen LogP contribution in [0.2, 0.25) is 0 Å². The number of hydrogen-bond acceptors (Lipinski definition) is 5. The van der Waals surface area contributed by atoms with Gasteiger partial charge < -0.3 is 5.73 Å². The van der Waals surface area contributed by atoms with E-state index >= 15 is 0 Å². The van der Waals surface area contributed by atoms with E-state index in [0.717, 1.165) is 28.6 Å². The van der Waals surface area contributed by atoms with Gasteiger partial charge in [-0.05, 0) is 42.1 Å². The molecule has 1 heterocycles. The minimum Gasteiger partial charge on any atom is -0.399 e. The van der Waals surface area contributed by atoms with Gasteiger partial charge in [0.15, 0.2) is 4.34 Å². The second-order valence-corrected chi connectivity index (χ2v) is 5.53. The molecule has 2 rings (SSSR count). The van der Waals surface area contributed by atoms with Crippen molar-refractivity contribution in [2.24, 2.45) is 0 Å². The van der Waals surface area contributed by atoms with Gasteiger partial charge in [-0.25, -0.2) is 4.98 Å². The normalized spacial score (nSPS) is 10.5. The summed E-state index contributed by atoms with van der Waals surface area (Å²) < 4.78 is 5.01. The van der Waals surface area contributed by atoms with Gasteiger partial charge in [0.2, 0.25) is 0 Å². The lowest BCUT2D eigenvalue weighted by atomic mass is 10.1. The quantitative estimate of drug-likeness (QED) is 0.504. The van der Waals surface area contributed by atoms with Crippen molar-refractivity contribution in [3.8, 4) is 0 Å². The average molecular weight is 251 g/mol. The molecule has 0 fully saturated rings. The number of nitrogen functional groups attached to an aromatic ring is 1. The molecule has 84 valence electrons. The summed E-state index contributed by atoms with van der Waals surface area (Å²) in [6, 6.07) is 8.07. The molecule has 0 atom stereocenters. The van der Waals surface area contributed by atoms with E-state index in [1.165, 1.54) is 17.1 Å². The number of thioether (sulfide) groups is 1. The molecule has 0 aliphatic carbocycles. The third kappa shape index (κ3) is 3.50. The van der Waals surface area contributed by atoms with Crippen LogP contribution in [0, 0.1) is 0 Å². The number of aromatic nitrogens is 2. The van der Waals surface area contributed by atoms with E-state index < -0.39 is 0 Å². The van der Waals surface area contributed by atoms with Crippen molar-refractivity contribution in [1.82, 2.24) is 9.36 Å². The second kappa shape index (κ2) is 5.86. The van der Waals surface area contributed by atoms with Gasteiger partial charge in [0.25, 0.3) is 0 Å². The smallest absolute Gasteiger partial charge is 0.169 e. The Labute approximate surface area is 103 Å². The molecule has 0 saturated carbocycles. The van der Waals surface area contributed by atoms with Crippen LogP contribution in [0.4, 0.5) is 5.69 Å². The number of nitrogens with two attached hydrogens (primary N) is 1. The maximum atomic E-state index is 5.72. The fraction of sp³-hybridized carbons (Fsp3) is 0.273. The van der Waals surface area contributed by atoms with Crippen LogP contribution >= 0.6 is 23.3 Å². The zero-order valence-corrected chi connectivity index (χ0v) is 10.4. The average Bonchev–Trinajstić information content (AvgIpc) is 2.77. The highest BCUT2D eigenvalue weighted by Gasteiger charge is 1.98. The largest absolute Gasteiger partial charge is 0.399 e. The van der Waals surface area contributed by atoms with Crippen LogP contribution in [0.5, 0.6) is 0 Å². The van der Waals surface area contributed by atoms with E-state index in [4.69, 9.17) is 5.73 Å². The first-order valence-corrected chi connectivity index (χ1v) is 6.84. The van der Waals surface area contributed by atoms with Gasteiger partial charge in [-0.15, -0.1) is 0 Å². The van der Waals surface area contributed by atoms with Crippen molar-refractivity contribution in [1.29, 1.82) is 0 Å². The molecule has 0 unspecified atom stereocenters. The van der Waals surface area contributed by atoms with Gasteiger partial charge in [0.05, 0.1) is 0 Å². The van der Waals surface area contributed by atoms with Crippen LogP contribution in [0.3, 0.4) is 0 Å². The highest BCUT2D eigenvalue weighted by Crippen LogP contribution is 2.20. The Kier molecular flexibility index (Phi) is 4.18. The lowest BCUT2D eigenvalue weighted by Gasteiger charge is -2.01. The van der Waals surface area contributed by atoms with Gasteiger partial charge >= 0.3 is 0 Å². The zero-order chi connectivity index (χ0) is 11.2. The van der Waals surface area contributed by atoms with Crippen LogP contribution in [0.15, 0.2) is 34.9 Å². The molecule has 0 aliphatic rings. The SMILES string of the molecule is Nc1cccc(CCCSc2ncns2)c1. The third-order valence-corrected chi connectivity index (χ3v) is 4.01. The first kappa shape index (κ1) is 11.4. The minimum atomic E-state index is 0.842. The van der Waals surface area contributed by atoms with Crippen molar-refractivity contribution in [2.45, 2.75) is 17.2 Å². The van der Waals surface area contributed by atoms with E-state index in [1.54, 1.807) is 18.1 Å². The zero-order valence-electron chi connectivity index (χ0n) is 8.80. The van der Waals surface area contributed by atoms with E-state index in [0.29, 0.717) is 0 Å². The molecule has 1 aromatic heterocycles. The summed E-state index contributed by atoms with van der Waals surface area (Å²) in [5.41, 5.74) is 7.86. The number of hydrogen-bond donors (Lipinski definition) is 1. The second-order valence-electron chi connectivity index (χ2n) is 3.40. The molecule has 16 heavy (non-hydrogen) atoms. The van der Waals surface area contributed by atoms with Crippen molar-refractivity contribution >= 4 is 29.0 Å². The number of anilines is 1. The first-order chi connectivity index (χ1) is 7.84. The predicted molar refractivity (Wildman–Crippen MR) is 69.8 cm³/mol. The van der Waals surface area contributed by atoms with Crippen LogP contribution in [-0.4, -0.2) is 15.1 Å². The fourth-order valence-corrected chi connectivity index (χ4v) is 2.86. The van der Waals surface area contributed by atoms with Gasteiger partial charge in [-0.3, -0.25) is 0 Å². The third-order valence-electron chi connectivity index (χ3n) is 2.13. The summed E-state index contributed by atoms with van der Waals surface area (Å²) in [5.74, 6) is 1.07. The van der Waals surface area contributed by atoms with E-state index in [2.05, 4.69) is 15.4 Å². The van der Waals surface area contributed by atoms with Crippen molar-refractivity contribution in [3.05, 3.63) is 36.2 Å². The Morgan fingerprint density at radius 3 is 3.06 bits per heavy atom. The summed E-state index contributed by atoms with van der Waals surface area (Å²) in [7, 11) is 0. The molecular formula is C11H13N3S2. The van der Waals surface area contributed by atoms with Crippen LogP contribution in [-0.2, 0) is 6.42 Å². The molecule has 0 bridgehead atoms. The highest BCUT2D eigenvalue weighted by atomic mass is 32.2. The molecule has 0 aliphatic heterocycles. The summed E-state index contributed by atoms with van der Waals surface area (Å²) in [5, 5.41) is 0. The molecule has 2 N–H and O–H groups in total. The lowest BCUT2D eigenvalue weighted by molar-refractivity contribution is 0.933. The van der Waals surface area contributed by atoms with Gasteiger partial charge in [-0.2, -0.15) is 4.37 Å². The summed E-state index contributed by atoms with van der Waals surface area (Å²) in [6.45, 7) is 0. The first-order valence-electron chi connectivity index (χ1n) is 5.08. The van der Waals surface area contributed by atoms with Crippen LogP contribution < -0.4 is 5.73 Å². The molecule has 0 spiro atoms. The van der Waals surface area contributed by atoms with Crippen LogP contribution in [0.1, 0.15) is 12.0 Å². The van der Waals surface area contributed by atoms with Gasteiger partial charge in [0, 0.05) is 11.4 Å². The number of aryl methyl sites for hydroxylation is 1. The van der Waals surface area contributed by atoms with Crippen LogP contribution in [0.25, 0.3) is 0 Å². The summed E-state index contributed by atoms with van der Waals surface area (Å²) in [4.78, 5) is 4.13. The highest BCUT2D eigenvalue weighted by molar-refractivity contribution is 8.00. The monoisotopic (exact) mass is 251 g/mol. The molecular weight excluding hydrogens is 238 g/mol. The number of nitrogens with zero attached hydrogens (tertiary/aromatic N) is 2. The minimum absolute atomic E-state index is 0.842. The Balaban J connectivity index is 1.72. The lowest BCUT2D eigenvalue weighted by Crippen LogP contribution is -1.90. The predicted octanol–water partition coefficient (Wildman–Crippen LogP) is 2.85. The Hall–Kier alpha value is -1.07. The molecule has 0 radical (unpaired) electrons. The standard InChI is InChI=1S/C11H13N3S2/c12-10-5-1-3-9(7-10)4-2-6-15-11-13-8-14-16-11/h1,3,5,7-8H,2,4,6,12H2. The molecule has 2 aromatic rings. The molecule has 5 heteroatoms. The number of benzene rings is 1. The summed E-state index contributed by atoms with van der Waals surface area (Å²) >= 11 is 3.22. The molecule has 0 saturated heterocycles. The Morgan fingerprint density at radius 2 is 2.31 bits per heavy atom. The van der Waals surface area contributed by atoms with Crippen molar-refractivity contribution in [2.75, 3.05) is 11.5 Å². The topological polar surface area (TPSA) is 51.8 Å².